The molecule has 0 bridgehead atoms. The van der Waals surface area contributed by atoms with Crippen molar-refractivity contribution in [1.29, 1.82) is 0 Å². The average molecular weight is 215 g/mol. The summed E-state index contributed by atoms with van der Waals surface area (Å²) in [4.78, 5) is 15.9. The molecule has 1 atom stereocenters. The number of carbonyl (C=O) groups is 1. The summed E-state index contributed by atoms with van der Waals surface area (Å²) in [5.74, 6) is 0.332. The zero-order chi connectivity index (χ0) is 11.8. The van der Waals surface area contributed by atoms with Gasteiger partial charge in [-0.2, -0.15) is 0 Å². The van der Waals surface area contributed by atoms with Gasteiger partial charge >= 0.3 is 0 Å². The molecule has 0 saturated carbocycles. The molecule has 0 aromatic carbocycles. The zero-order valence-electron chi connectivity index (χ0n) is 10.7. The van der Waals surface area contributed by atoms with E-state index in [2.05, 4.69) is 10.2 Å². The van der Waals surface area contributed by atoms with Gasteiger partial charge in [0.25, 0.3) is 0 Å². The van der Waals surface area contributed by atoms with Crippen molar-refractivity contribution in [1.82, 2.24) is 15.1 Å². The Morgan fingerprint density at radius 3 is 2.40 bits per heavy atom. The molecule has 1 unspecified atom stereocenters. The molecule has 0 spiro atoms. The molecule has 90 valence electrons. The Labute approximate surface area is 93.6 Å². The van der Waals surface area contributed by atoms with E-state index in [4.69, 9.17) is 0 Å². The van der Waals surface area contributed by atoms with E-state index < -0.39 is 0 Å². The SMILES string of the molecule is CCN(CCNC)C(=O)C(C)CN(C)C. The van der Waals surface area contributed by atoms with Crippen LogP contribution >= 0.6 is 0 Å². The summed E-state index contributed by atoms with van der Waals surface area (Å²) < 4.78 is 0. The van der Waals surface area contributed by atoms with Gasteiger partial charge in [-0.1, -0.05) is 6.92 Å². The maximum absolute atomic E-state index is 12.0. The number of amides is 1. The van der Waals surface area contributed by atoms with Gasteiger partial charge in [-0.05, 0) is 28.1 Å². The Morgan fingerprint density at radius 1 is 1.40 bits per heavy atom. The van der Waals surface area contributed by atoms with Crippen LogP contribution in [0.4, 0.5) is 0 Å². The van der Waals surface area contributed by atoms with Crippen molar-refractivity contribution in [3.8, 4) is 0 Å². The van der Waals surface area contributed by atoms with Crippen LogP contribution in [0, 0.1) is 5.92 Å². The number of likely N-dealkylation sites (N-methyl/N-ethyl adjacent to an activating group) is 2. The van der Waals surface area contributed by atoms with Gasteiger partial charge in [0.05, 0.1) is 0 Å². The summed E-state index contributed by atoms with van der Waals surface area (Å²) in [5.41, 5.74) is 0. The van der Waals surface area contributed by atoms with Crippen LogP contribution in [0.5, 0.6) is 0 Å². The molecule has 0 aliphatic heterocycles. The van der Waals surface area contributed by atoms with Crippen LogP contribution in [0.2, 0.25) is 0 Å². The molecule has 0 aliphatic carbocycles. The Bertz CT molecular complexity index is 183. The number of hydrogen-bond acceptors (Lipinski definition) is 3. The van der Waals surface area contributed by atoms with Crippen molar-refractivity contribution in [2.24, 2.45) is 5.92 Å². The zero-order valence-corrected chi connectivity index (χ0v) is 10.7. The highest BCUT2D eigenvalue weighted by atomic mass is 16.2. The van der Waals surface area contributed by atoms with Crippen molar-refractivity contribution >= 4 is 5.91 Å². The molecular weight excluding hydrogens is 190 g/mol. The van der Waals surface area contributed by atoms with Gasteiger partial charge in [-0.3, -0.25) is 4.79 Å². The van der Waals surface area contributed by atoms with Crippen LogP contribution in [0.15, 0.2) is 0 Å². The molecule has 1 N–H and O–H groups in total. The van der Waals surface area contributed by atoms with E-state index in [1.165, 1.54) is 0 Å². The fraction of sp³-hybridized carbons (Fsp3) is 0.909. The monoisotopic (exact) mass is 215 g/mol. The molecule has 0 rings (SSSR count). The third-order valence-electron chi connectivity index (χ3n) is 2.39. The molecule has 4 nitrogen and oxygen atoms in total. The van der Waals surface area contributed by atoms with Gasteiger partial charge in [0.2, 0.25) is 5.91 Å². The summed E-state index contributed by atoms with van der Waals surface area (Å²) >= 11 is 0. The van der Waals surface area contributed by atoms with E-state index in [-0.39, 0.29) is 11.8 Å². The van der Waals surface area contributed by atoms with Crippen molar-refractivity contribution < 1.29 is 4.79 Å². The van der Waals surface area contributed by atoms with Crippen LogP contribution in [-0.4, -0.2) is 63.0 Å². The number of nitrogens with zero attached hydrogens (tertiary/aromatic N) is 2. The predicted molar refractivity (Wildman–Crippen MR) is 63.9 cm³/mol. The second-order valence-electron chi connectivity index (χ2n) is 4.18. The second-order valence-corrected chi connectivity index (χ2v) is 4.18. The molecule has 0 saturated heterocycles. The Balaban J connectivity index is 4.11. The van der Waals surface area contributed by atoms with Crippen molar-refractivity contribution in [3.05, 3.63) is 0 Å². The topological polar surface area (TPSA) is 35.6 Å². The predicted octanol–water partition coefficient (Wildman–Crippen LogP) is 0.252. The molecule has 0 aromatic rings. The summed E-state index contributed by atoms with van der Waals surface area (Å²) in [5, 5.41) is 3.06. The van der Waals surface area contributed by atoms with Gasteiger partial charge in [0.1, 0.15) is 0 Å². The first-order valence-electron chi connectivity index (χ1n) is 5.61. The Kier molecular flexibility index (Phi) is 7.34. The normalized spacial score (nSPS) is 12.9. The smallest absolute Gasteiger partial charge is 0.226 e. The number of hydrogen-bond donors (Lipinski definition) is 1. The second kappa shape index (κ2) is 7.65. The minimum atomic E-state index is 0.0804. The molecule has 1 amide bonds. The molecule has 0 radical (unpaired) electrons. The first-order chi connectivity index (χ1) is 7.02. The molecule has 15 heavy (non-hydrogen) atoms. The molecule has 0 heterocycles. The quantitative estimate of drug-likeness (QED) is 0.661. The fourth-order valence-corrected chi connectivity index (χ4v) is 1.61. The molecule has 0 aromatic heterocycles. The lowest BCUT2D eigenvalue weighted by molar-refractivity contribution is -0.135. The minimum Gasteiger partial charge on any atom is -0.341 e. The number of rotatable bonds is 7. The largest absolute Gasteiger partial charge is 0.341 e. The van der Waals surface area contributed by atoms with Crippen molar-refractivity contribution in [2.75, 3.05) is 47.3 Å². The average Bonchev–Trinajstić information content (AvgIpc) is 2.17. The first-order valence-corrected chi connectivity index (χ1v) is 5.61. The Hall–Kier alpha value is -0.610. The maximum Gasteiger partial charge on any atom is 0.226 e. The number of carbonyl (C=O) groups excluding carboxylic acids is 1. The third kappa shape index (κ3) is 5.74. The summed E-state index contributed by atoms with van der Waals surface area (Å²) in [6.07, 6.45) is 0. The van der Waals surface area contributed by atoms with Crippen molar-refractivity contribution in [2.45, 2.75) is 13.8 Å². The highest BCUT2D eigenvalue weighted by Crippen LogP contribution is 2.03. The van der Waals surface area contributed by atoms with E-state index in [1.807, 2.05) is 39.9 Å². The lowest BCUT2D eigenvalue weighted by Crippen LogP contribution is -2.41. The van der Waals surface area contributed by atoms with Crippen LogP contribution < -0.4 is 5.32 Å². The summed E-state index contributed by atoms with van der Waals surface area (Å²) in [6.45, 7) is 7.27. The summed E-state index contributed by atoms with van der Waals surface area (Å²) in [7, 11) is 5.89. The van der Waals surface area contributed by atoms with E-state index in [1.54, 1.807) is 0 Å². The van der Waals surface area contributed by atoms with Crippen molar-refractivity contribution in [3.63, 3.8) is 0 Å². The third-order valence-corrected chi connectivity index (χ3v) is 2.39. The van der Waals surface area contributed by atoms with Gasteiger partial charge in [0.15, 0.2) is 0 Å². The van der Waals surface area contributed by atoms with Gasteiger partial charge in [-0.25, -0.2) is 0 Å². The van der Waals surface area contributed by atoms with Crippen LogP contribution in [0.3, 0.4) is 0 Å². The molecular formula is C11H25N3O. The van der Waals surface area contributed by atoms with E-state index in [9.17, 15) is 4.79 Å². The lowest BCUT2D eigenvalue weighted by Gasteiger charge is -2.25. The molecule has 0 fully saturated rings. The Morgan fingerprint density at radius 2 is 2.00 bits per heavy atom. The minimum absolute atomic E-state index is 0.0804. The van der Waals surface area contributed by atoms with E-state index in [0.717, 1.165) is 26.2 Å². The van der Waals surface area contributed by atoms with Gasteiger partial charge in [0, 0.05) is 32.1 Å². The highest BCUT2D eigenvalue weighted by Gasteiger charge is 2.19. The highest BCUT2D eigenvalue weighted by molar-refractivity contribution is 5.78. The standard InChI is InChI=1S/C11H25N3O/c1-6-14(8-7-12-3)11(15)10(2)9-13(4)5/h10,12H,6-9H2,1-5H3. The lowest BCUT2D eigenvalue weighted by atomic mass is 10.1. The molecule has 4 heteroatoms. The summed E-state index contributed by atoms with van der Waals surface area (Å²) in [6, 6.07) is 0. The van der Waals surface area contributed by atoms with Gasteiger partial charge in [-0.15, -0.1) is 0 Å². The fourth-order valence-electron chi connectivity index (χ4n) is 1.61. The first kappa shape index (κ1) is 14.4. The van der Waals surface area contributed by atoms with E-state index >= 15 is 0 Å². The maximum atomic E-state index is 12.0. The van der Waals surface area contributed by atoms with Gasteiger partial charge < -0.3 is 15.1 Å². The molecule has 0 aliphatic rings. The van der Waals surface area contributed by atoms with Crippen LogP contribution in [0.25, 0.3) is 0 Å². The van der Waals surface area contributed by atoms with E-state index in [0.29, 0.717) is 0 Å². The number of nitrogens with one attached hydrogen (secondary N) is 1. The van der Waals surface area contributed by atoms with Crippen LogP contribution in [-0.2, 0) is 4.79 Å². The van der Waals surface area contributed by atoms with Crippen LogP contribution in [0.1, 0.15) is 13.8 Å².